The van der Waals surface area contributed by atoms with Crippen molar-refractivity contribution in [2.24, 2.45) is 0 Å². The zero-order chi connectivity index (χ0) is 21.3. The normalized spacial score (nSPS) is 10.7. The average Bonchev–Trinajstić information content (AvgIpc) is 2.73. The smallest absolute Gasteiger partial charge is 0.344 e. The monoisotopic (exact) mass is 400 g/mol. The topological polar surface area (TPSA) is 102 Å². The van der Waals surface area contributed by atoms with Crippen molar-refractivity contribution < 1.29 is 14.1 Å². The summed E-state index contributed by atoms with van der Waals surface area (Å²) >= 11 is 0. The van der Waals surface area contributed by atoms with E-state index in [0.717, 1.165) is 10.9 Å². The first-order valence-corrected chi connectivity index (χ1v) is 9.12. The number of nitro groups is 1. The number of hydrogen-bond donors (Lipinski definition) is 1. The standard InChI is InChI=1S/C23H16N2O5/c1-14-11-17(24-22(26)16-6-4-7-18(12-16)25(28)29)9-10-19(14)20-13-15-5-2-3-8-21(15)30-23(20)27/h2-13H,1H3,(H,24,26). The van der Waals surface area contributed by atoms with Gasteiger partial charge in [-0.05, 0) is 48.4 Å². The molecular weight excluding hydrogens is 384 g/mol. The van der Waals surface area contributed by atoms with Crippen LogP contribution in [0.15, 0.2) is 82.0 Å². The van der Waals surface area contributed by atoms with Gasteiger partial charge in [0.15, 0.2) is 0 Å². The molecule has 0 radical (unpaired) electrons. The van der Waals surface area contributed by atoms with Gasteiger partial charge in [0.2, 0.25) is 0 Å². The molecule has 0 saturated carbocycles. The van der Waals surface area contributed by atoms with E-state index in [1.807, 2.05) is 19.1 Å². The van der Waals surface area contributed by atoms with Crippen LogP contribution < -0.4 is 10.9 Å². The number of anilines is 1. The molecule has 4 rings (SSSR count). The second kappa shape index (κ2) is 7.63. The lowest BCUT2D eigenvalue weighted by atomic mass is 10.0. The van der Waals surface area contributed by atoms with Crippen LogP contribution in [0.5, 0.6) is 0 Å². The third-order valence-electron chi connectivity index (χ3n) is 4.74. The van der Waals surface area contributed by atoms with Gasteiger partial charge in [0, 0.05) is 28.8 Å². The maximum absolute atomic E-state index is 12.5. The predicted molar refractivity (Wildman–Crippen MR) is 114 cm³/mol. The summed E-state index contributed by atoms with van der Waals surface area (Å²) in [6.45, 7) is 1.83. The molecule has 0 aliphatic rings. The van der Waals surface area contributed by atoms with Crippen LogP contribution in [0.3, 0.4) is 0 Å². The first-order valence-electron chi connectivity index (χ1n) is 9.12. The van der Waals surface area contributed by atoms with Crippen molar-refractivity contribution in [3.8, 4) is 11.1 Å². The van der Waals surface area contributed by atoms with Gasteiger partial charge in [-0.1, -0.05) is 30.3 Å². The fourth-order valence-corrected chi connectivity index (χ4v) is 3.26. The molecule has 0 aliphatic carbocycles. The van der Waals surface area contributed by atoms with Gasteiger partial charge in [-0.2, -0.15) is 0 Å². The number of nitrogens with zero attached hydrogens (tertiary/aromatic N) is 1. The van der Waals surface area contributed by atoms with Gasteiger partial charge >= 0.3 is 5.63 Å². The molecule has 0 atom stereocenters. The number of nitrogens with one attached hydrogen (secondary N) is 1. The van der Waals surface area contributed by atoms with E-state index < -0.39 is 16.5 Å². The highest BCUT2D eigenvalue weighted by molar-refractivity contribution is 6.04. The Bertz CT molecular complexity index is 1360. The molecule has 0 fully saturated rings. The number of carbonyl (C=O) groups is 1. The molecule has 148 valence electrons. The third kappa shape index (κ3) is 3.68. The lowest BCUT2D eigenvalue weighted by Crippen LogP contribution is -2.12. The van der Waals surface area contributed by atoms with E-state index in [2.05, 4.69) is 5.32 Å². The summed E-state index contributed by atoms with van der Waals surface area (Å²) in [5.41, 5.74) is 2.52. The number of carbonyl (C=O) groups excluding carboxylic acids is 1. The fraction of sp³-hybridized carbons (Fsp3) is 0.0435. The van der Waals surface area contributed by atoms with Crippen LogP contribution in [0.25, 0.3) is 22.1 Å². The van der Waals surface area contributed by atoms with Crippen molar-refractivity contribution in [2.45, 2.75) is 6.92 Å². The summed E-state index contributed by atoms with van der Waals surface area (Å²) in [6.07, 6.45) is 0. The third-order valence-corrected chi connectivity index (χ3v) is 4.74. The van der Waals surface area contributed by atoms with Gasteiger partial charge in [0.1, 0.15) is 5.58 Å². The van der Waals surface area contributed by atoms with Crippen LogP contribution in [0, 0.1) is 17.0 Å². The Kier molecular flexibility index (Phi) is 4.85. The minimum atomic E-state index is -0.551. The van der Waals surface area contributed by atoms with E-state index in [4.69, 9.17) is 4.42 Å². The van der Waals surface area contributed by atoms with Crippen LogP contribution in [0.2, 0.25) is 0 Å². The largest absolute Gasteiger partial charge is 0.422 e. The molecule has 1 aromatic heterocycles. The SMILES string of the molecule is Cc1cc(NC(=O)c2cccc([N+](=O)[O-])c2)ccc1-c1cc2ccccc2oc1=O. The Balaban J connectivity index is 1.63. The Labute approximate surface area is 170 Å². The van der Waals surface area contributed by atoms with Gasteiger partial charge in [-0.15, -0.1) is 0 Å². The molecule has 1 heterocycles. The van der Waals surface area contributed by atoms with Crippen molar-refractivity contribution in [3.05, 3.63) is 104 Å². The molecule has 30 heavy (non-hydrogen) atoms. The number of fused-ring (bicyclic) bond motifs is 1. The summed E-state index contributed by atoms with van der Waals surface area (Å²) in [7, 11) is 0. The number of non-ortho nitro benzene ring substituents is 1. The molecule has 1 N–H and O–H groups in total. The Morgan fingerprint density at radius 1 is 0.967 bits per heavy atom. The van der Waals surface area contributed by atoms with Crippen molar-refractivity contribution in [1.29, 1.82) is 0 Å². The van der Waals surface area contributed by atoms with Crippen molar-refractivity contribution >= 4 is 28.3 Å². The van der Waals surface area contributed by atoms with Gasteiger partial charge in [-0.25, -0.2) is 4.79 Å². The number of para-hydroxylation sites is 1. The molecule has 1 amide bonds. The van der Waals surface area contributed by atoms with E-state index in [1.54, 1.807) is 36.4 Å². The highest BCUT2D eigenvalue weighted by Gasteiger charge is 2.14. The summed E-state index contributed by atoms with van der Waals surface area (Å²) in [4.78, 5) is 35.2. The van der Waals surface area contributed by atoms with Crippen LogP contribution in [0.1, 0.15) is 15.9 Å². The van der Waals surface area contributed by atoms with E-state index in [1.165, 1.54) is 24.3 Å². The van der Waals surface area contributed by atoms with Crippen molar-refractivity contribution in [1.82, 2.24) is 0 Å². The quantitative estimate of drug-likeness (QED) is 0.297. The fourth-order valence-electron chi connectivity index (χ4n) is 3.26. The molecule has 0 aliphatic heterocycles. The van der Waals surface area contributed by atoms with Crippen LogP contribution in [-0.4, -0.2) is 10.8 Å². The molecule has 4 aromatic rings. The summed E-state index contributed by atoms with van der Waals surface area (Å²) in [5.74, 6) is -0.462. The Morgan fingerprint density at radius 3 is 2.53 bits per heavy atom. The van der Waals surface area contributed by atoms with E-state index >= 15 is 0 Å². The maximum Gasteiger partial charge on any atom is 0.344 e. The number of rotatable bonds is 4. The first-order chi connectivity index (χ1) is 14.4. The van der Waals surface area contributed by atoms with Crippen LogP contribution >= 0.6 is 0 Å². The number of benzene rings is 3. The van der Waals surface area contributed by atoms with E-state index in [9.17, 15) is 19.7 Å². The average molecular weight is 400 g/mol. The van der Waals surface area contributed by atoms with Crippen molar-refractivity contribution in [2.75, 3.05) is 5.32 Å². The first kappa shape index (κ1) is 19.1. The summed E-state index contributed by atoms with van der Waals surface area (Å²) in [5, 5.41) is 14.4. The molecular formula is C23H16N2O5. The zero-order valence-corrected chi connectivity index (χ0v) is 15.9. The van der Waals surface area contributed by atoms with Crippen LogP contribution in [0.4, 0.5) is 11.4 Å². The molecule has 0 bridgehead atoms. The van der Waals surface area contributed by atoms with E-state index in [0.29, 0.717) is 22.4 Å². The van der Waals surface area contributed by atoms with Gasteiger partial charge in [0.25, 0.3) is 11.6 Å². The Morgan fingerprint density at radius 2 is 1.77 bits per heavy atom. The zero-order valence-electron chi connectivity index (χ0n) is 15.9. The molecule has 7 nitrogen and oxygen atoms in total. The summed E-state index contributed by atoms with van der Waals surface area (Å²) in [6, 6.07) is 19.7. The lowest BCUT2D eigenvalue weighted by molar-refractivity contribution is -0.384. The van der Waals surface area contributed by atoms with Gasteiger partial charge in [-0.3, -0.25) is 14.9 Å². The number of hydrogen-bond acceptors (Lipinski definition) is 5. The molecule has 0 spiro atoms. The number of aryl methyl sites for hydroxylation is 1. The predicted octanol–water partition coefficient (Wildman–Crippen LogP) is 4.93. The van der Waals surface area contributed by atoms with Gasteiger partial charge in [0.05, 0.1) is 10.5 Å². The minimum Gasteiger partial charge on any atom is -0.422 e. The molecule has 7 heteroatoms. The minimum absolute atomic E-state index is 0.155. The number of nitro benzene ring substituents is 1. The number of amides is 1. The highest BCUT2D eigenvalue weighted by Crippen LogP contribution is 2.26. The second-order valence-electron chi connectivity index (χ2n) is 6.78. The van der Waals surface area contributed by atoms with Crippen molar-refractivity contribution in [3.63, 3.8) is 0 Å². The Hall–Kier alpha value is -4.26. The van der Waals surface area contributed by atoms with E-state index in [-0.39, 0.29) is 11.3 Å². The molecule has 0 saturated heterocycles. The lowest BCUT2D eigenvalue weighted by Gasteiger charge is -2.10. The summed E-state index contributed by atoms with van der Waals surface area (Å²) < 4.78 is 5.41. The second-order valence-corrected chi connectivity index (χ2v) is 6.78. The maximum atomic E-state index is 12.5. The molecule has 3 aromatic carbocycles. The highest BCUT2D eigenvalue weighted by atomic mass is 16.6. The van der Waals surface area contributed by atoms with Crippen LogP contribution in [-0.2, 0) is 0 Å². The van der Waals surface area contributed by atoms with Gasteiger partial charge < -0.3 is 9.73 Å². The molecule has 0 unspecified atom stereocenters.